The number of amides is 2. The van der Waals surface area contributed by atoms with Gasteiger partial charge in [-0.1, -0.05) is 66.7 Å². The maximum absolute atomic E-state index is 12.7. The lowest BCUT2D eigenvalue weighted by atomic mass is 10.1. The fraction of sp³-hybridized carbons (Fsp3) is 0.286. The normalized spacial score (nSPS) is 15.3. The summed E-state index contributed by atoms with van der Waals surface area (Å²) in [7, 11) is 1.60. The number of nitrogens with one attached hydrogen (secondary N) is 1. The van der Waals surface area contributed by atoms with Crippen LogP contribution in [0.15, 0.2) is 78.9 Å². The third-order valence-electron chi connectivity index (χ3n) is 6.03. The van der Waals surface area contributed by atoms with Crippen LogP contribution in [-0.4, -0.2) is 36.9 Å². The zero-order valence-electron chi connectivity index (χ0n) is 19.4. The van der Waals surface area contributed by atoms with E-state index in [0.29, 0.717) is 37.7 Å². The molecule has 1 heterocycles. The fourth-order valence-electron chi connectivity index (χ4n) is 4.08. The molecule has 1 unspecified atom stereocenters. The summed E-state index contributed by atoms with van der Waals surface area (Å²) < 4.78 is 11.4. The summed E-state index contributed by atoms with van der Waals surface area (Å²) in [6.45, 7) is 1.91. The summed E-state index contributed by atoms with van der Waals surface area (Å²) in [4.78, 5) is 26.9. The smallest absolute Gasteiger partial charge is 0.225 e. The third-order valence-corrected chi connectivity index (χ3v) is 6.03. The molecule has 1 aliphatic rings. The number of rotatable bonds is 10. The van der Waals surface area contributed by atoms with Gasteiger partial charge in [-0.05, 0) is 35.2 Å². The number of likely N-dealkylation sites (tertiary alicyclic amines) is 1. The molecule has 1 N–H and O–H groups in total. The van der Waals surface area contributed by atoms with Gasteiger partial charge in [-0.25, -0.2) is 0 Å². The Hall–Kier alpha value is -3.80. The van der Waals surface area contributed by atoms with Crippen molar-refractivity contribution in [3.8, 4) is 11.5 Å². The molecule has 176 valence electrons. The first-order chi connectivity index (χ1) is 16.6. The molecule has 1 fully saturated rings. The lowest BCUT2D eigenvalue weighted by Gasteiger charge is -2.17. The van der Waals surface area contributed by atoms with Crippen molar-refractivity contribution >= 4 is 11.8 Å². The molecule has 1 atom stereocenters. The van der Waals surface area contributed by atoms with Gasteiger partial charge in [-0.15, -0.1) is 0 Å². The highest BCUT2D eigenvalue weighted by Crippen LogP contribution is 2.29. The predicted octanol–water partition coefficient (Wildman–Crippen LogP) is 3.98. The van der Waals surface area contributed by atoms with Gasteiger partial charge in [0, 0.05) is 26.1 Å². The number of ether oxygens (including phenoxy) is 2. The van der Waals surface area contributed by atoms with Crippen LogP contribution in [0.1, 0.15) is 23.1 Å². The summed E-state index contributed by atoms with van der Waals surface area (Å²) in [5.41, 5.74) is 3.17. The molecule has 0 spiro atoms. The highest BCUT2D eigenvalue weighted by atomic mass is 16.5. The molecule has 1 saturated heterocycles. The zero-order valence-corrected chi connectivity index (χ0v) is 19.4. The molecular formula is C28H30N2O4. The van der Waals surface area contributed by atoms with Gasteiger partial charge in [0.2, 0.25) is 11.8 Å². The summed E-state index contributed by atoms with van der Waals surface area (Å²) >= 11 is 0. The van der Waals surface area contributed by atoms with Gasteiger partial charge < -0.3 is 19.7 Å². The Morgan fingerprint density at radius 2 is 1.65 bits per heavy atom. The van der Waals surface area contributed by atoms with Crippen LogP contribution in [0.3, 0.4) is 0 Å². The Labute approximate surface area is 200 Å². The average Bonchev–Trinajstić information content (AvgIpc) is 3.26. The minimum atomic E-state index is -0.321. The topological polar surface area (TPSA) is 67.9 Å². The van der Waals surface area contributed by atoms with Crippen LogP contribution in [0.2, 0.25) is 0 Å². The first-order valence-corrected chi connectivity index (χ1v) is 11.6. The van der Waals surface area contributed by atoms with Gasteiger partial charge in [0.1, 0.15) is 6.61 Å². The summed E-state index contributed by atoms with van der Waals surface area (Å²) in [6, 6.07) is 25.6. The van der Waals surface area contributed by atoms with Crippen molar-refractivity contribution in [1.82, 2.24) is 10.2 Å². The average molecular weight is 459 g/mol. The molecule has 6 heteroatoms. The highest BCUT2D eigenvalue weighted by molar-refractivity contribution is 5.89. The molecule has 0 radical (unpaired) electrons. The van der Waals surface area contributed by atoms with Crippen LogP contribution in [0.4, 0.5) is 0 Å². The second-order valence-electron chi connectivity index (χ2n) is 8.45. The number of benzene rings is 3. The largest absolute Gasteiger partial charge is 0.493 e. The van der Waals surface area contributed by atoms with Gasteiger partial charge in [0.25, 0.3) is 0 Å². The maximum atomic E-state index is 12.7. The van der Waals surface area contributed by atoms with E-state index in [4.69, 9.17) is 9.47 Å². The molecule has 0 aliphatic carbocycles. The Morgan fingerprint density at radius 3 is 2.35 bits per heavy atom. The molecule has 2 amide bonds. The second-order valence-corrected chi connectivity index (χ2v) is 8.45. The third kappa shape index (κ3) is 6.16. The molecule has 6 nitrogen and oxygen atoms in total. The van der Waals surface area contributed by atoms with E-state index in [2.05, 4.69) is 17.4 Å². The first-order valence-electron chi connectivity index (χ1n) is 11.6. The molecule has 34 heavy (non-hydrogen) atoms. The Morgan fingerprint density at radius 1 is 0.941 bits per heavy atom. The Kier molecular flexibility index (Phi) is 7.81. The number of methoxy groups -OCH3 is 1. The molecular weight excluding hydrogens is 428 g/mol. The Bertz CT molecular complexity index is 1100. The molecule has 0 bridgehead atoms. The van der Waals surface area contributed by atoms with Crippen LogP contribution in [0.5, 0.6) is 11.5 Å². The van der Waals surface area contributed by atoms with E-state index in [1.807, 2.05) is 66.7 Å². The number of hydrogen-bond donors (Lipinski definition) is 1. The van der Waals surface area contributed by atoms with Gasteiger partial charge in [0.15, 0.2) is 11.5 Å². The van der Waals surface area contributed by atoms with Crippen molar-refractivity contribution in [3.05, 3.63) is 95.6 Å². The maximum Gasteiger partial charge on any atom is 0.225 e. The van der Waals surface area contributed by atoms with E-state index in [0.717, 1.165) is 17.5 Å². The predicted molar refractivity (Wildman–Crippen MR) is 130 cm³/mol. The minimum Gasteiger partial charge on any atom is -0.493 e. The van der Waals surface area contributed by atoms with Crippen LogP contribution in [0, 0.1) is 5.92 Å². The summed E-state index contributed by atoms with van der Waals surface area (Å²) in [5.74, 6) is 0.887. The Balaban J connectivity index is 1.27. The van der Waals surface area contributed by atoms with Crippen molar-refractivity contribution in [2.24, 2.45) is 5.92 Å². The number of nitrogens with zero attached hydrogens (tertiary/aromatic N) is 1. The summed E-state index contributed by atoms with van der Waals surface area (Å²) in [6.07, 6.45) is 1.05. The van der Waals surface area contributed by atoms with Crippen molar-refractivity contribution < 1.29 is 19.1 Å². The first kappa shape index (κ1) is 23.4. The molecule has 3 aromatic carbocycles. The minimum absolute atomic E-state index is 0.0395. The monoisotopic (exact) mass is 458 g/mol. The SMILES string of the molecule is COc1cc(CNC(=O)C2CC(=O)N(CCc3ccccc3)C2)ccc1OCc1ccccc1. The summed E-state index contributed by atoms with van der Waals surface area (Å²) in [5, 5.41) is 2.97. The van der Waals surface area contributed by atoms with Crippen molar-refractivity contribution in [3.63, 3.8) is 0 Å². The molecule has 3 aromatic rings. The van der Waals surface area contributed by atoms with E-state index in [9.17, 15) is 9.59 Å². The number of carbonyl (C=O) groups is 2. The number of hydrogen-bond acceptors (Lipinski definition) is 4. The standard InChI is InChI=1S/C28H30N2O4/c1-33-26-16-23(12-13-25(26)34-20-22-10-6-3-7-11-22)18-29-28(32)24-17-27(31)30(19-24)15-14-21-8-4-2-5-9-21/h2-13,16,24H,14-15,17-20H2,1H3,(H,29,32). The van der Waals surface area contributed by atoms with Crippen LogP contribution in [0.25, 0.3) is 0 Å². The molecule has 0 saturated carbocycles. The molecule has 4 rings (SSSR count). The van der Waals surface area contributed by atoms with Gasteiger partial charge >= 0.3 is 0 Å². The van der Waals surface area contributed by atoms with Crippen LogP contribution < -0.4 is 14.8 Å². The van der Waals surface area contributed by atoms with Gasteiger partial charge in [-0.3, -0.25) is 9.59 Å². The van der Waals surface area contributed by atoms with Crippen molar-refractivity contribution in [2.45, 2.75) is 26.0 Å². The van der Waals surface area contributed by atoms with E-state index in [-0.39, 0.29) is 24.2 Å². The van der Waals surface area contributed by atoms with Crippen LogP contribution in [-0.2, 0) is 29.2 Å². The fourth-order valence-corrected chi connectivity index (χ4v) is 4.08. The quantitative estimate of drug-likeness (QED) is 0.499. The zero-order chi connectivity index (χ0) is 23.8. The van der Waals surface area contributed by atoms with E-state index >= 15 is 0 Å². The molecule has 0 aromatic heterocycles. The highest BCUT2D eigenvalue weighted by Gasteiger charge is 2.33. The lowest BCUT2D eigenvalue weighted by Crippen LogP contribution is -2.33. The van der Waals surface area contributed by atoms with Crippen LogP contribution >= 0.6 is 0 Å². The molecule has 1 aliphatic heterocycles. The lowest BCUT2D eigenvalue weighted by molar-refractivity contribution is -0.129. The van der Waals surface area contributed by atoms with E-state index < -0.39 is 0 Å². The van der Waals surface area contributed by atoms with Gasteiger partial charge in [-0.2, -0.15) is 0 Å². The van der Waals surface area contributed by atoms with Crippen molar-refractivity contribution in [2.75, 3.05) is 20.2 Å². The van der Waals surface area contributed by atoms with Gasteiger partial charge in [0.05, 0.1) is 13.0 Å². The second kappa shape index (κ2) is 11.4. The number of carbonyl (C=O) groups excluding carboxylic acids is 2. The van der Waals surface area contributed by atoms with E-state index in [1.165, 1.54) is 5.56 Å². The van der Waals surface area contributed by atoms with Crippen molar-refractivity contribution in [1.29, 1.82) is 0 Å². The van der Waals surface area contributed by atoms with E-state index in [1.54, 1.807) is 12.0 Å².